The van der Waals surface area contributed by atoms with Gasteiger partial charge in [-0.25, -0.2) is 0 Å². The molecule has 1 atom stereocenters. The third-order valence-corrected chi connectivity index (χ3v) is 3.32. The van der Waals surface area contributed by atoms with Crippen LogP contribution in [0.15, 0.2) is 30.3 Å². The van der Waals surface area contributed by atoms with Crippen molar-refractivity contribution in [3.63, 3.8) is 0 Å². The molecule has 0 fully saturated rings. The molecule has 2 nitrogen and oxygen atoms in total. The topological polar surface area (TPSA) is 34.1 Å². The molecule has 21 heavy (non-hydrogen) atoms. The summed E-state index contributed by atoms with van der Waals surface area (Å²) < 4.78 is 37.9. The summed E-state index contributed by atoms with van der Waals surface area (Å²) >= 11 is 0. The molecule has 0 aromatic heterocycles. The predicted molar refractivity (Wildman–Crippen MR) is 74.1 cm³/mol. The first kappa shape index (κ1) is 17.4. The summed E-state index contributed by atoms with van der Waals surface area (Å²) in [6.07, 6.45) is -2.04. The van der Waals surface area contributed by atoms with Crippen LogP contribution in [0.3, 0.4) is 0 Å². The monoisotopic (exact) mass is 300 g/mol. The van der Waals surface area contributed by atoms with Gasteiger partial charge in [0.1, 0.15) is 0 Å². The van der Waals surface area contributed by atoms with Crippen molar-refractivity contribution in [2.24, 2.45) is 5.92 Å². The molecule has 1 rings (SSSR count). The Labute approximate surface area is 122 Å². The highest BCUT2D eigenvalue weighted by Crippen LogP contribution is 2.27. The lowest BCUT2D eigenvalue weighted by molar-refractivity contribution is -0.174. The maximum Gasteiger partial charge on any atom is 0.450 e. The minimum Gasteiger partial charge on any atom is -0.293 e. The van der Waals surface area contributed by atoms with Crippen LogP contribution in [0, 0.1) is 5.92 Å². The smallest absolute Gasteiger partial charge is 0.293 e. The van der Waals surface area contributed by atoms with Gasteiger partial charge < -0.3 is 0 Å². The van der Waals surface area contributed by atoms with Crippen LogP contribution in [0.1, 0.15) is 49.4 Å². The summed E-state index contributed by atoms with van der Waals surface area (Å²) in [5, 5.41) is 0. The number of rotatable bonds is 8. The number of alkyl halides is 3. The molecule has 0 aliphatic heterocycles. The lowest BCUT2D eigenvalue weighted by atomic mass is 9.88. The molecule has 0 saturated carbocycles. The van der Waals surface area contributed by atoms with Gasteiger partial charge in [-0.2, -0.15) is 13.2 Å². The van der Waals surface area contributed by atoms with Gasteiger partial charge in [-0.05, 0) is 6.42 Å². The van der Waals surface area contributed by atoms with Gasteiger partial charge in [-0.1, -0.05) is 62.9 Å². The number of hydrogen-bond acceptors (Lipinski definition) is 2. The molecule has 1 aromatic carbocycles. The van der Waals surface area contributed by atoms with Crippen LogP contribution in [0.25, 0.3) is 0 Å². The molecule has 116 valence electrons. The fourth-order valence-electron chi connectivity index (χ4n) is 2.16. The van der Waals surface area contributed by atoms with E-state index >= 15 is 0 Å². The largest absolute Gasteiger partial charge is 0.450 e. The average Bonchev–Trinajstić information content (AvgIpc) is 2.46. The van der Waals surface area contributed by atoms with Crippen molar-refractivity contribution in [2.45, 2.75) is 45.2 Å². The Morgan fingerprint density at radius 2 is 1.67 bits per heavy atom. The van der Waals surface area contributed by atoms with Crippen LogP contribution in [0.4, 0.5) is 13.2 Å². The van der Waals surface area contributed by atoms with Crippen molar-refractivity contribution in [1.82, 2.24) is 0 Å². The zero-order valence-electron chi connectivity index (χ0n) is 12.0. The Morgan fingerprint density at radius 1 is 1.05 bits per heavy atom. The number of hydrogen-bond donors (Lipinski definition) is 0. The molecule has 0 spiro atoms. The number of Topliss-reactive ketones (excluding diaryl/α,β-unsaturated/α-hetero) is 2. The van der Waals surface area contributed by atoms with E-state index in [2.05, 4.69) is 0 Å². The molecule has 1 aromatic rings. The van der Waals surface area contributed by atoms with Gasteiger partial charge in [-0.3, -0.25) is 9.59 Å². The molecule has 0 aliphatic rings. The summed E-state index contributed by atoms with van der Waals surface area (Å²) in [5.74, 6) is -4.30. The highest BCUT2D eigenvalue weighted by molar-refractivity contribution is 6.12. The van der Waals surface area contributed by atoms with Gasteiger partial charge in [0.2, 0.25) is 5.78 Å². The molecule has 0 N–H and O–H groups in total. The van der Waals surface area contributed by atoms with Crippen molar-refractivity contribution in [3.8, 4) is 0 Å². The van der Waals surface area contributed by atoms with Crippen molar-refractivity contribution >= 4 is 11.6 Å². The van der Waals surface area contributed by atoms with Crippen molar-refractivity contribution in [2.75, 3.05) is 0 Å². The Hall–Kier alpha value is -1.65. The average molecular weight is 300 g/mol. The molecule has 0 bridgehead atoms. The Balaban J connectivity index is 2.86. The van der Waals surface area contributed by atoms with Crippen molar-refractivity contribution in [3.05, 3.63) is 35.9 Å². The zero-order valence-corrected chi connectivity index (χ0v) is 12.0. The zero-order chi connectivity index (χ0) is 15.9. The van der Waals surface area contributed by atoms with Crippen molar-refractivity contribution < 1.29 is 22.8 Å². The highest BCUT2D eigenvalue weighted by Gasteiger charge is 2.45. The standard InChI is InChI=1S/C16H19F3O2/c1-2-3-4-8-11-13(15(21)16(17,18)19)14(20)12-9-6-5-7-10-12/h5-7,9-10,13H,2-4,8,11H2,1H3. The van der Waals surface area contributed by atoms with E-state index in [-0.39, 0.29) is 12.0 Å². The van der Waals surface area contributed by atoms with Crippen LogP contribution >= 0.6 is 0 Å². The molecule has 1 unspecified atom stereocenters. The van der Waals surface area contributed by atoms with E-state index in [1.165, 1.54) is 12.1 Å². The van der Waals surface area contributed by atoms with Gasteiger partial charge in [0.15, 0.2) is 5.78 Å². The quantitative estimate of drug-likeness (QED) is 0.400. The van der Waals surface area contributed by atoms with E-state index in [0.717, 1.165) is 19.3 Å². The fourth-order valence-corrected chi connectivity index (χ4v) is 2.16. The second kappa shape index (κ2) is 7.96. The number of ketones is 2. The predicted octanol–water partition coefficient (Wildman–Crippen LogP) is 4.59. The third-order valence-electron chi connectivity index (χ3n) is 3.32. The van der Waals surface area contributed by atoms with E-state index in [9.17, 15) is 22.8 Å². The Kier molecular flexibility index (Phi) is 6.59. The maximum absolute atomic E-state index is 12.6. The van der Waals surface area contributed by atoms with E-state index in [1.807, 2.05) is 6.92 Å². The third kappa shape index (κ3) is 5.33. The summed E-state index contributed by atoms with van der Waals surface area (Å²) in [4.78, 5) is 23.7. The SMILES string of the molecule is CCCCCCC(C(=O)c1ccccc1)C(=O)C(F)(F)F. The summed E-state index contributed by atoms with van der Waals surface area (Å²) in [7, 11) is 0. The second-order valence-corrected chi connectivity index (χ2v) is 4.99. The lowest BCUT2D eigenvalue weighted by Crippen LogP contribution is -2.35. The minimum absolute atomic E-state index is 0.0495. The number of carbonyl (C=O) groups excluding carboxylic acids is 2. The molecule has 0 amide bonds. The lowest BCUT2D eigenvalue weighted by Gasteiger charge is -2.16. The number of benzene rings is 1. The Bertz CT molecular complexity index is 466. The highest BCUT2D eigenvalue weighted by atomic mass is 19.4. The summed E-state index contributed by atoms with van der Waals surface area (Å²) in [6, 6.07) is 7.67. The van der Waals surface area contributed by atoms with Crippen LogP contribution in [0.2, 0.25) is 0 Å². The Morgan fingerprint density at radius 3 is 2.19 bits per heavy atom. The molecular formula is C16H19F3O2. The van der Waals surface area contributed by atoms with Gasteiger partial charge in [0, 0.05) is 5.56 Å². The van der Waals surface area contributed by atoms with Gasteiger partial charge >= 0.3 is 6.18 Å². The fraction of sp³-hybridized carbons (Fsp3) is 0.500. The first-order valence-electron chi connectivity index (χ1n) is 7.08. The molecule has 0 aliphatic carbocycles. The molecular weight excluding hydrogens is 281 g/mol. The second-order valence-electron chi connectivity index (χ2n) is 4.99. The molecule has 0 saturated heterocycles. The number of halogens is 3. The van der Waals surface area contributed by atoms with Crippen molar-refractivity contribution in [1.29, 1.82) is 0 Å². The molecule has 0 radical (unpaired) electrons. The van der Waals surface area contributed by atoms with Crippen LogP contribution in [0.5, 0.6) is 0 Å². The molecule has 0 heterocycles. The maximum atomic E-state index is 12.6. The van der Waals surface area contributed by atoms with Crippen LogP contribution in [-0.4, -0.2) is 17.7 Å². The van der Waals surface area contributed by atoms with Gasteiger partial charge in [0.25, 0.3) is 0 Å². The minimum atomic E-state index is -4.97. The first-order chi connectivity index (χ1) is 9.88. The van der Waals surface area contributed by atoms with E-state index < -0.39 is 23.7 Å². The summed E-state index contributed by atoms with van der Waals surface area (Å²) in [6.45, 7) is 1.98. The number of unbranched alkanes of at least 4 members (excludes halogenated alkanes) is 3. The van der Waals surface area contributed by atoms with Gasteiger partial charge in [-0.15, -0.1) is 0 Å². The van der Waals surface area contributed by atoms with E-state index in [1.54, 1.807) is 18.2 Å². The van der Waals surface area contributed by atoms with Crippen LogP contribution in [-0.2, 0) is 4.79 Å². The summed E-state index contributed by atoms with van der Waals surface area (Å²) in [5.41, 5.74) is 0.149. The first-order valence-corrected chi connectivity index (χ1v) is 7.08. The van der Waals surface area contributed by atoms with Crippen LogP contribution < -0.4 is 0 Å². The number of carbonyl (C=O) groups is 2. The normalized spacial score (nSPS) is 13.0. The molecule has 5 heteroatoms. The van der Waals surface area contributed by atoms with E-state index in [0.29, 0.717) is 6.42 Å². The van der Waals surface area contributed by atoms with E-state index in [4.69, 9.17) is 0 Å². The van der Waals surface area contributed by atoms with Gasteiger partial charge in [0.05, 0.1) is 5.92 Å².